The average Bonchev–Trinajstić information content (AvgIpc) is 2.76. The molecule has 5 heteroatoms. The number of halogens is 1. The molecule has 17 heavy (non-hydrogen) atoms. The van der Waals surface area contributed by atoms with Gasteiger partial charge in [0.15, 0.2) is 0 Å². The Balaban J connectivity index is 2.29. The second-order valence-corrected chi connectivity index (χ2v) is 4.76. The molecule has 0 saturated carbocycles. The lowest BCUT2D eigenvalue weighted by Crippen LogP contribution is -2.13. The van der Waals surface area contributed by atoms with Crippen molar-refractivity contribution in [2.75, 3.05) is 11.9 Å². The highest BCUT2D eigenvalue weighted by Crippen LogP contribution is 2.32. The molecule has 3 rings (SSSR count). The number of H-pyrrole nitrogens is 1. The molecule has 0 bridgehead atoms. The van der Waals surface area contributed by atoms with Crippen LogP contribution in [0.1, 0.15) is 5.56 Å². The van der Waals surface area contributed by atoms with Crippen LogP contribution >= 0.6 is 15.9 Å². The molecule has 4 nitrogen and oxygen atoms in total. The van der Waals surface area contributed by atoms with E-state index in [1.54, 1.807) is 0 Å². The minimum atomic E-state index is -0.316. The van der Waals surface area contributed by atoms with Crippen LogP contribution in [0.15, 0.2) is 33.5 Å². The Bertz CT molecular complexity index is 636. The van der Waals surface area contributed by atoms with Gasteiger partial charge in [-0.05, 0) is 12.5 Å². The molecular weight excluding hydrogens is 282 g/mol. The van der Waals surface area contributed by atoms with Gasteiger partial charge >= 0.3 is 5.69 Å². The number of benzene rings is 1. The molecule has 0 amide bonds. The Hall–Kier alpha value is -1.62. The van der Waals surface area contributed by atoms with Crippen molar-refractivity contribution in [1.29, 1.82) is 0 Å². The Morgan fingerprint density at radius 1 is 1.29 bits per heavy atom. The zero-order chi connectivity index (χ0) is 11.8. The van der Waals surface area contributed by atoms with Gasteiger partial charge in [-0.25, -0.2) is 4.79 Å². The van der Waals surface area contributed by atoms with Crippen molar-refractivity contribution < 1.29 is 0 Å². The fourth-order valence-corrected chi connectivity index (χ4v) is 2.57. The number of rotatable bonds is 1. The molecule has 0 aliphatic carbocycles. The van der Waals surface area contributed by atoms with E-state index >= 15 is 0 Å². The third-order valence-corrected chi connectivity index (χ3v) is 3.54. The molecule has 1 aliphatic rings. The molecule has 2 aromatic rings. The van der Waals surface area contributed by atoms with Crippen molar-refractivity contribution >= 4 is 21.7 Å². The Morgan fingerprint density at radius 2 is 2.12 bits per heavy atom. The van der Waals surface area contributed by atoms with Crippen LogP contribution in [0.2, 0.25) is 0 Å². The molecule has 0 atom stereocenters. The molecule has 1 aromatic carbocycles. The number of aromatic amines is 1. The zero-order valence-electron chi connectivity index (χ0n) is 8.96. The zero-order valence-corrected chi connectivity index (χ0v) is 10.5. The second-order valence-electron chi connectivity index (χ2n) is 3.90. The van der Waals surface area contributed by atoms with Gasteiger partial charge < -0.3 is 10.3 Å². The minimum absolute atomic E-state index is 0.316. The van der Waals surface area contributed by atoms with Crippen LogP contribution in [0.5, 0.6) is 0 Å². The summed E-state index contributed by atoms with van der Waals surface area (Å²) >= 11 is 3.50. The summed E-state index contributed by atoms with van der Waals surface area (Å²) in [5.41, 5.74) is 2.62. The number of aromatic nitrogens is 2. The Morgan fingerprint density at radius 3 is 2.94 bits per heavy atom. The van der Waals surface area contributed by atoms with Crippen molar-refractivity contribution in [2.45, 2.75) is 6.42 Å². The number of hydrogen-bond acceptors (Lipinski definition) is 3. The van der Waals surface area contributed by atoms with E-state index < -0.39 is 0 Å². The standard InChI is InChI=1S/C12H10BrN3O/c13-9-4-2-1-3-7(9)10-8-5-6-14-11(8)16-12(17)15-10/h1-4H,5-6H2,(H2,14,15,16,17). The summed E-state index contributed by atoms with van der Waals surface area (Å²) in [5.74, 6) is 0.708. The van der Waals surface area contributed by atoms with E-state index in [2.05, 4.69) is 31.2 Å². The number of nitrogens with one attached hydrogen (secondary N) is 2. The first kappa shape index (κ1) is 10.5. The van der Waals surface area contributed by atoms with Gasteiger partial charge in [-0.1, -0.05) is 34.1 Å². The predicted molar refractivity (Wildman–Crippen MR) is 70.2 cm³/mol. The molecule has 86 valence electrons. The van der Waals surface area contributed by atoms with E-state index in [1.807, 2.05) is 24.3 Å². The number of fused-ring (bicyclic) bond motifs is 1. The molecule has 0 unspecified atom stereocenters. The summed E-state index contributed by atoms with van der Waals surface area (Å²) in [7, 11) is 0. The third-order valence-electron chi connectivity index (χ3n) is 2.84. The van der Waals surface area contributed by atoms with Gasteiger partial charge in [-0.3, -0.25) is 0 Å². The van der Waals surface area contributed by atoms with Crippen LogP contribution in [-0.4, -0.2) is 16.5 Å². The van der Waals surface area contributed by atoms with E-state index in [1.165, 1.54) is 0 Å². The van der Waals surface area contributed by atoms with Gasteiger partial charge in [0, 0.05) is 22.1 Å². The van der Waals surface area contributed by atoms with Gasteiger partial charge in [0.05, 0.1) is 5.69 Å². The maximum atomic E-state index is 11.5. The van der Waals surface area contributed by atoms with E-state index in [0.29, 0.717) is 5.82 Å². The van der Waals surface area contributed by atoms with Crippen LogP contribution in [0, 0.1) is 0 Å². The van der Waals surface area contributed by atoms with Crippen molar-refractivity contribution in [3.8, 4) is 11.3 Å². The summed E-state index contributed by atoms with van der Waals surface area (Å²) in [5, 5.41) is 3.12. The largest absolute Gasteiger partial charge is 0.369 e. The Kier molecular flexibility index (Phi) is 2.48. The summed E-state index contributed by atoms with van der Waals surface area (Å²) in [6.45, 7) is 0.830. The van der Waals surface area contributed by atoms with E-state index in [0.717, 1.165) is 34.3 Å². The first-order valence-corrected chi connectivity index (χ1v) is 6.17. The van der Waals surface area contributed by atoms with Crippen LogP contribution in [-0.2, 0) is 6.42 Å². The monoisotopic (exact) mass is 291 g/mol. The highest BCUT2D eigenvalue weighted by atomic mass is 79.9. The summed E-state index contributed by atoms with van der Waals surface area (Å²) in [4.78, 5) is 18.3. The van der Waals surface area contributed by atoms with E-state index in [-0.39, 0.29) is 5.69 Å². The Labute approximate surface area is 106 Å². The molecule has 0 saturated heterocycles. The molecule has 2 N–H and O–H groups in total. The maximum Gasteiger partial charge on any atom is 0.347 e. The van der Waals surface area contributed by atoms with Gasteiger partial charge in [0.1, 0.15) is 5.82 Å². The molecule has 2 heterocycles. The van der Waals surface area contributed by atoms with E-state index in [4.69, 9.17) is 0 Å². The van der Waals surface area contributed by atoms with Crippen LogP contribution in [0.3, 0.4) is 0 Å². The minimum Gasteiger partial charge on any atom is -0.369 e. The molecule has 0 radical (unpaired) electrons. The van der Waals surface area contributed by atoms with Crippen molar-refractivity contribution in [3.63, 3.8) is 0 Å². The first-order valence-electron chi connectivity index (χ1n) is 5.37. The molecule has 0 fully saturated rings. The SMILES string of the molecule is O=c1nc2c(c(-c3ccccc3Br)[nH]1)CCN2. The number of hydrogen-bond donors (Lipinski definition) is 2. The van der Waals surface area contributed by atoms with Gasteiger partial charge in [0.2, 0.25) is 0 Å². The highest BCUT2D eigenvalue weighted by Gasteiger charge is 2.19. The van der Waals surface area contributed by atoms with Crippen LogP contribution in [0.4, 0.5) is 5.82 Å². The summed E-state index contributed by atoms with van der Waals surface area (Å²) in [6.07, 6.45) is 0.885. The molecular formula is C12H10BrN3O. The van der Waals surface area contributed by atoms with Crippen LogP contribution < -0.4 is 11.0 Å². The fourth-order valence-electron chi connectivity index (χ4n) is 2.09. The first-order chi connectivity index (χ1) is 8.25. The van der Waals surface area contributed by atoms with Crippen molar-refractivity contribution in [3.05, 3.63) is 44.8 Å². The highest BCUT2D eigenvalue weighted by molar-refractivity contribution is 9.10. The predicted octanol–water partition coefficient (Wildman–Crippen LogP) is 2.17. The lowest BCUT2D eigenvalue weighted by Gasteiger charge is -2.08. The molecule has 1 aliphatic heterocycles. The summed E-state index contributed by atoms with van der Waals surface area (Å²) < 4.78 is 0.968. The molecule has 1 aromatic heterocycles. The van der Waals surface area contributed by atoms with Crippen molar-refractivity contribution in [2.24, 2.45) is 0 Å². The topological polar surface area (TPSA) is 57.8 Å². The van der Waals surface area contributed by atoms with Crippen molar-refractivity contribution in [1.82, 2.24) is 9.97 Å². The number of anilines is 1. The van der Waals surface area contributed by atoms with Gasteiger partial charge in [-0.15, -0.1) is 0 Å². The lowest BCUT2D eigenvalue weighted by atomic mass is 10.1. The third kappa shape index (κ3) is 1.76. The van der Waals surface area contributed by atoms with Gasteiger partial charge in [0.25, 0.3) is 0 Å². The average molecular weight is 292 g/mol. The summed E-state index contributed by atoms with van der Waals surface area (Å²) in [6, 6.07) is 7.84. The van der Waals surface area contributed by atoms with Gasteiger partial charge in [-0.2, -0.15) is 4.98 Å². The van der Waals surface area contributed by atoms with E-state index in [9.17, 15) is 4.79 Å². The smallest absolute Gasteiger partial charge is 0.347 e. The molecule has 0 spiro atoms. The number of nitrogens with zero attached hydrogens (tertiary/aromatic N) is 1. The second kappa shape index (κ2) is 4.00. The lowest BCUT2D eigenvalue weighted by molar-refractivity contribution is 1.06. The van der Waals surface area contributed by atoms with Crippen LogP contribution in [0.25, 0.3) is 11.3 Å². The quantitative estimate of drug-likeness (QED) is 0.847. The normalized spacial score (nSPS) is 13.2. The fraction of sp³-hybridized carbons (Fsp3) is 0.167. The maximum absolute atomic E-state index is 11.5.